The van der Waals surface area contributed by atoms with Crippen molar-refractivity contribution in [3.63, 3.8) is 0 Å². The van der Waals surface area contributed by atoms with E-state index in [9.17, 15) is 0 Å². The van der Waals surface area contributed by atoms with Crippen molar-refractivity contribution in [2.45, 2.75) is 0 Å². The highest BCUT2D eigenvalue weighted by atomic mass is 16.5. The number of rotatable bonds is 12. The van der Waals surface area contributed by atoms with Crippen LogP contribution in [0.25, 0.3) is 22.3 Å². The van der Waals surface area contributed by atoms with Gasteiger partial charge in [0.2, 0.25) is 0 Å². The van der Waals surface area contributed by atoms with Gasteiger partial charge in [-0.3, -0.25) is 0 Å². The summed E-state index contributed by atoms with van der Waals surface area (Å²) < 4.78 is 45.6. The molecule has 8 aromatic rings. The molecule has 8 nitrogen and oxygen atoms in total. The Hall–Kier alpha value is -10.6. The zero-order chi connectivity index (χ0) is 55.8. The fourth-order valence-electron chi connectivity index (χ4n) is 8.92. The lowest BCUT2D eigenvalue weighted by atomic mass is 9.74. The van der Waals surface area contributed by atoms with E-state index in [4.69, 9.17) is 37.9 Å². The third-order valence-electron chi connectivity index (χ3n) is 13.2. The van der Waals surface area contributed by atoms with E-state index in [2.05, 4.69) is 47.4 Å². The topological polar surface area (TPSA) is 73.8 Å². The predicted octanol–water partition coefficient (Wildman–Crippen LogP) is 14.1. The molecule has 0 bridgehead atoms. The van der Waals surface area contributed by atoms with Gasteiger partial charge < -0.3 is 37.9 Å². The molecule has 1 aliphatic carbocycles. The van der Waals surface area contributed by atoms with Gasteiger partial charge in [0.25, 0.3) is 0 Å². The normalized spacial score (nSPS) is 15.5. The SMILES string of the molecule is COc1ccc(C#CC2=C(c3ccc(OC)cc3)/C(C#Cc3ccc(OC)cc3)=C(c3ccc(OC)cc3)\C(C#Cc3ccc(OC)cc3)=C(c3ccc(OC)cc3)/C(C#Cc3ccc(OC)cc3)=C\2c2ccc(OC)cc2)cc1. The monoisotopic (exact) mass is 1050 g/mol. The third-order valence-corrected chi connectivity index (χ3v) is 13.2. The van der Waals surface area contributed by atoms with Gasteiger partial charge >= 0.3 is 0 Å². The molecule has 0 unspecified atom stereocenters. The van der Waals surface area contributed by atoms with Crippen LogP contribution < -0.4 is 37.9 Å². The van der Waals surface area contributed by atoms with E-state index in [1.54, 1.807) is 56.9 Å². The summed E-state index contributed by atoms with van der Waals surface area (Å²) in [6.45, 7) is 0. The molecule has 8 heteroatoms. The molecule has 0 atom stereocenters. The van der Waals surface area contributed by atoms with Crippen LogP contribution in [-0.2, 0) is 0 Å². The van der Waals surface area contributed by atoms with E-state index in [0.717, 1.165) is 44.5 Å². The van der Waals surface area contributed by atoms with Crippen molar-refractivity contribution < 1.29 is 37.9 Å². The number of methoxy groups -OCH3 is 8. The Morgan fingerprint density at radius 2 is 0.312 bits per heavy atom. The lowest BCUT2D eigenvalue weighted by Gasteiger charge is -2.27. The van der Waals surface area contributed by atoms with Gasteiger partial charge in [0.15, 0.2) is 0 Å². The maximum atomic E-state index is 5.81. The molecule has 0 N–H and O–H groups in total. The Balaban J connectivity index is 1.61. The molecular weight excluding hydrogens is 993 g/mol. The fourth-order valence-corrected chi connectivity index (χ4v) is 8.92. The van der Waals surface area contributed by atoms with Gasteiger partial charge in [-0.2, -0.15) is 0 Å². The molecule has 0 heterocycles. The first-order valence-corrected chi connectivity index (χ1v) is 25.5. The number of hydrogen-bond acceptors (Lipinski definition) is 8. The van der Waals surface area contributed by atoms with Gasteiger partial charge in [-0.15, -0.1) is 0 Å². The maximum Gasteiger partial charge on any atom is 0.118 e. The quantitative estimate of drug-likeness (QED) is 0.112. The van der Waals surface area contributed by atoms with Crippen molar-refractivity contribution in [3.8, 4) is 93.4 Å². The molecule has 0 radical (unpaired) electrons. The summed E-state index contributed by atoms with van der Waals surface area (Å²) >= 11 is 0. The summed E-state index contributed by atoms with van der Waals surface area (Å²) in [5.41, 5.74) is 11.4. The molecule has 8 aromatic carbocycles. The van der Waals surface area contributed by atoms with E-state index < -0.39 is 0 Å². The molecule has 0 saturated heterocycles. The van der Waals surface area contributed by atoms with Crippen LogP contribution in [0.15, 0.2) is 216 Å². The van der Waals surface area contributed by atoms with Crippen LogP contribution >= 0.6 is 0 Å². The lowest BCUT2D eigenvalue weighted by molar-refractivity contribution is 0.414. The summed E-state index contributed by atoms with van der Waals surface area (Å²) in [6.07, 6.45) is 0. The van der Waals surface area contributed by atoms with E-state index in [-0.39, 0.29) is 0 Å². The maximum absolute atomic E-state index is 5.81. The highest BCUT2D eigenvalue weighted by Gasteiger charge is 2.31. The van der Waals surface area contributed by atoms with Crippen LogP contribution in [0.1, 0.15) is 44.5 Å². The smallest absolute Gasteiger partial charge is 0.118 e. The van der Waals surface area contributed by atoms with Crippen molar-refractivity contribution in [1.82, 2.24) is 0 Å². The number of benzene rings is 8. The molecule has 0 spiro atoms. The molecule has 0 amide bonds. The summed E-state index contributed by atoms with van der Waals surface area (Å²) in [5.74, 6) is 35.1. The van der Waals surface area contributed by atoms with Crippen molar-refractivity contribution in [3.05, 3.63) is 261 Å². The zero-order valence-electron chi connectivity index (χ0n) is 45.7. The van der Waals surface area contributed by atoms with E-state index in [0.29, 0.717) is 90.6 Å². The van der Waals surface area contributed by atoms with Crippen molar-refractivity contribution in [1.29, 1.82) is 0 Å². The largest absolute Gasteiger partial charge is 0.497 e. The first-order chi connectivity index (χ1) is 39.3. The highest BCUT2D eigenvalue weighted by Crippen LogP contribution is 2.49. The van der Waals surface area contributed by atoms with Crippen LogP contribution in [0.5, 0.6) is 46.0 Å². The van der Waals surface area contributed by atoms with Crippen LogP contribution in [0.3, 0.4) is 0 Å². The van der Waals surface area contributed by atoms with Crippen molar-refractivity contribution >= 4 is 22.3 Å². The molecule has 0 aliphatic heterocycles. The Morgan fingerprint density at radius 1 is 0.175 bits per heavy atom. The van der Waals surface area contributed by atoms with Gasteiger partial charge in [0.05, 0.1) is 56.9 Å². The Bertz CT molecular complexity index is 3340. The fraction of sp³-hybridized carbons (Fsp3) is 0.111. The number of hydrogen-bond donors (Lipinski definition) is 0. The first-order valence-electron chi connectivity index (χ1n) is 25.5. The second-order valence-corrected chi connectivity index (χ2v) is 17.8. The molecule has 80 heavy (non-hydrogen) atoms. The van der Waals surface area contributed by atoms with Gasteiger partial charge in [-0.1, -0.05) is 95.9 Å². The Labute approximate surface area is 469 Å². The molecule has 9 rings (SSSR count). The minimum Gasteiger partial charge on any atom is -0.497 e. The zero-order valence-corrected chi connectivity index (χ0v) is 45.7. The summed E-state index contributed by atoms with van der Waals surface area (Å²) in [5, 5.41) is 0. The second-order valence-electron chi connectivity index (χ2n) is 17.8. The van der Waals surface area contributed by atoms with E-state index in [1.165, 1.54) is 0 Å². The molecule has 0 saturated carbocycles. The second kappa shape index (κ2) is 25.9. The average molecular weight is 1050 g/mol. The molecule has 0 fully saturated rings. The predicted molar refractivity (Wildman–Crippen MR) is 319 cm³/mol. The number of ether oxygens (including phenoxy) is 8. The standard InChI is InChI=1S/C72H56O8/c1-73-57-29-9-49(10-30-57)17-45-65-69(53-21-37-61(77-5)38-22-53)66(46-18-50-11-31-58(74-2)32-12-50)71(55-25-41-63(79-7)42-26-55)68(48-20-52-15-35-60(76-4)36-16-52)72(56-27-43-64(80-8)44-28-56)67(47-19-51-13-33-59(75-3)34-14-51)70(65)54-23-39-62(78-6)40-24-54/h9-16,21-44H,1-8H3/b69-65-,69-66?,70-65?,70-67-,71-66-,71-68?,72-67?,72-68-. The minimum absolute atomic E-state index is 0.619. The lowest BCUT2D eigenvalue weighted by Crippen LogP contribution is -2.10. The van der Waals surface area contributed by atoms with Gasteiger partial charge in [0, 0.05) is 66.8 Å². The van der Waals surface area contributed by atoms with Crippen LogP contribution in [-0.4, -0.2) is 56.9 Å². The van der Waals surface area contributed by atoms with E-state index in [1.807, 2.05) is 194 Å². The van der Waals surface area contributed by atoms with Crippen molar-refractivity contribution in [2.24, 2.45) is 0 Å². The molecular formula is C72H56O8. The highest BCUT2D eigenvalue weighted by molar-refractivity contribution is 6.16. The van der Waals surface area contributed by atoms with Gasteiger partial charge in [-0.25, -0.2) is 0 Å². The summed E-state index contributed by atoms with van der Waals surface area (Å²) in [6, 6.07) is 62.7. The van der Waals surface area contributed by atoms with Crippen LogP contribution in [0.2, 0.25) is 0 Å². The molecule has 0 aromatic heterocycles. The Morgan fingerprint density at radius 3 is 0.450 bits per heavy atom. The number of allylic oxidation sites excluding steroid dienone is 8. The van der Waals surface area contributed by atoms with Crippen LogP contribution in [0, 0.1) is 47.4 Å². The van der Waals surface area contributed by atoms with Gasteiger partial charge in [0.1, 0.15) is 46.0 Å². The molecule has 392 valence electrons. The first kappa shape index (κ1) is 54.2. The minimum atomic E-state index is 0.619. The molecule has 1 aliphatic rings. The third kappa shape index (κ3) is 12.6. The summed E-state index contributed by atoms with van der Waals surface area (Å²) in [4.78, 5) is 0. The van der Waals surface area contributed by atoms with E-state index >= 15 is 0 Å². The van der Waals surface area contributed by atoms with Crippen molar-refractivity contribution in [2.75, 3.05) is 56.9 Å². The Kier molecular flexibility index (Phi) is 17.6. The van der Waals surface area contributed by atoms with Crippen LogP contribution in [0.4, 0.5) is 0 Å². The van der Waals surface area contributed by atoms with Gasteiger partial charge in [-0.05, 0) is 168 Å². The average Bonchev–Trinajstić information content (AvgIpc) is 3.66. The summed E-state index contributed by atoms with van der Waals surface area (Å²) in [7, 11) is 13.2.